The number of carbonyl (C=O) groups is 1. The first-order chi connectivity index (χ1) is 9.43. The highest BCUT2D eigenvalue weighted by molar-refractivity contribution is 6.40. The first-order valence-corrected chi connectivity index (χ1v) is 7.50. The molecule has 1 fully saturated rings. The quantitative estimate of drug-likeness (QED) is 0.819. The smallest absolute Gasteiger partial charge is 0.241 e. The lowest BCUT2D eigenvalue weighted by atomic mass is 10.2. The Labute approximate surface area is 129 Å². The third-order valence-electron chi connectivity index (χ3n) is 3.57. The molecule has 1 aromatic rings. The number of hydrogen-bond donors (Lipinski definition) is 2. The average Bonchev–Trinajstić information content (AvgIpc) is 3.18. The van der Waals surface area contributed by atoms with E-state index in [0.29, 0.717) is 27.5 Å². The van der Waals surface area contributed by atoms with Crippen molar-refractivity contribution in [3.8, 4) is 0 Å². The lowest BCUT2D eigenvalue weighted by molar-refractivity contribution is -0.120. The van der Waals surface area contributed by atoms with E-state index in [4.69, 9.17) is 28.9 Å². The molecule has 1 saturated carbocycles. The van der Waals surface area contributed by atoms with Crippen LogP contribution in [0.1, 0.15) is 26.7 Å². The maximum Gasteiger partial charge on any atom is 0.241 e. The lowest BCUT2D eigenvalue weighted by Gasteiger charge is -2.27. The zero-order chi connectivity index (χ0) is 14.9. The van der Waals surface area contributed by atoms with E-state index in [1.54, 1.807) is 12.1 Å². The van der Waals surface area contributed by atoms with Gasteiger partial charge in [0.05, 0.1) is 21.8 Å². The Morgan fingerprint density at radius 2 is 2.00 bits per heavy atom. The Hall–Kier alpha value is -0.970. The highest BCUT2D eigenvalue weighted by atomic mass is 35.5. The number of nitrogen functional groups attached to an aromatic ring is 1. The molecule has 0 heterocycles. The topological polar surface area (TPSA) is 58.4 Å². The predicted molar refractivity (Wildman–Crippen MR) is 84.4 cm³/mol. The molecule has 0 aliphatic heterocycles. The molecule has 1 aliphatic carbocycles. The average molecular weight is 316 g/mol. The summed E-state index contributed by atoms with van der Waals surface area (Å²) in [6.07, 6.45) is 2.32. The second-order valence-electron chi connectivity index (χ2n) is 5.09. The van der Waals surface area contributed by atoms with Gasteiger partial charge >= 0.3 is 0 Å². The third-order valence-corrected chi connectivity index (χ3v) is 4.17. The first kappa shape index (κ1) is 15.4. The van der Waals surface area contributed by atoms with Crippen LogP contribution in [-0.2, 0) is 4.79 Å². The molecule has 0 bridgehead atoms. The van der Waals surface area contributed by atoms with Crippen LogP contribution in [0.2, 0.25) is 10.0 Å². The predicted octanol–water partition coefficient (Wildman–Crippen LogP) is 3.39. The van der Waals surface area contributed by atoms with Gasteiger partial charge in [0.1, 0.15) is 0 Å². The molecule has 1 unspecified atom stereocenters. The van der Waals surface area contributed by atoms with Gasteiger partial charge in [-0.25, -0.2) is 0 Å². The van der Waals surface area contributed by atoms with Crippen molar-refractivity contribution in [3.63, 3.8) is 0 Å². The van der Waals surface area contributed by atoms with Gasteiger partial charge in [0.2, 0.25) is 5.91 Å². The normalized spacial score (nSPS) is 16.2. The van der Waals surface area contributed by atoms with Crippen molar-refractivity contribution in [2.45, 2.75) is 38.8 Å². The van der Waals surface area contributed by atoms with Crippen molar-refractivity contribution in [3.05, 3.63) is 22.2 Å². The van der Waals surface area contributed by atoms with Gasteiger partial charge in [-0.15, -0.1) is 0 Å². The van der Waals surface area contributed by atoms with Crippen LogP contribution in [0.25, 0.3) is 0 Å². The Morgan fingerprint density at radius 1 is 1.45 bits per heavy atom. The minimum atomic E-state index is -0.211. The van der Waals surface area contributed by atoms with E-state index < -0.39 is 0 Å². The summed E-state index contributed by atoms with van der Waals surface area (Å²) in [6.45, 7) is 4.81. The van der Waals surface area contributed by atoms with Crippen LogP contribution >= 0.6 is 23.2 Å². The molecule has 0 saturated heterocycles. The number of benzene rings is 1. The number of nitrogens with zero attached hydrogens (tertiary/aromatic N) is 1. The molecule has 1 aromatic carbocycles. The standard InChI is InChI=1S/C14H19Cl2N3O/c1-3-19(10-4-5-10)8(2)14(20)18-13-11(15)6-9(17)7-12(13)16/h6-8,10H,3-5,17H2,1-2H3,(H,18,20). The van der Waals surface area contributed by atoms with Crippen LogP contribution < -0.4 is 11.1 Å². The number of anilines is 2. The number of nitrogens with two attached hydrogens (primary N) is 1. The van der Waals surface area contributed by atoms with Crippen LogP contribution in [0.4, 0.5) is 11.4 Å². The van der Waals surface area contributed by atoms with Crippen LogP contribution in [-0.4, -0.2) is 29.4 Å². The summed E-state index contributed by atoms with van der Waals surface area (Å²) in [6, 6.07) is 3.47. The summed E-state index contributed by atoms with van der Waals surface area (Å²) < 4.78 is 0. The number of amides is 1. The van der Waals surface area contributed by atoms with Gasteiger partial charge in [-0.05, 0) is 38.4 Å². The molecule has 6 heteroatoms. The largest absolute Gasteiger partial charge is 0.399 e. The fraction of sp³-hybridized carbons (Fsp3) is 0.500. The summed E-state index contributed by atoms with van der Waals surface area (Å²) in [4.78, 5) is 14.5. The molecule has 2 rings (SSSR count). The summed E-state index contributed by atoms with van der Waals surface area (Å²) in [5.41, 5.74) is 6.54. The van der Waals surface area contributed by atoms with Gasteiger partial charge in [-0.3, -0.25) is 9.69 Å². The van der Waals surface area contributed by atoms with E-state index in [1.165, 1.54) is 0 Å². The Kier molecular flexibility index (Phi) is 4.78. The highest BCUT2D eigenvalue weighted by Gasteiger charge is 2.34. The Balaban J connectivity index is 2.11. The molecule has 110 valence electrons. The lowest BCUT2D eigenvalue weighted by Crippen LogP contribution is -2.43. The van der Waals surface area contributed by atoms with E-state index in [2.05, 4.69) is 17.1 Å². The maximum absolute atomic E-state index is 12.3. The Morgan fingerprint density at radius 3 is 2.45 bits per heavy atom. The van der Waals surface area contributed by atoms with Gasteiger partial charge in [-0.1, -0.05) is 30.1 Å². The van der Waals surface area contributed by atoms with Crippen molar-refractivity contribution in [2.75, 3.05) is 17.6 Å². The summed E-state index contributed by atoms with van der Waals surface area (Å²) in [5, 5.41) is 3.51. The Bertz CT molecular complexity index is 494. The van der Waals surface area contributed by atoms with E-state index >= 15 is 0 Å². The molecule has 0 spiro atoms. The summed E-state index contributed by atoms with van der Waals surface area (Å²) >= 11 is 12.2. The van der Waals surface area contributed by atoms with Crippen LogP contribution in [0.5, 0.6) is 0 Å². The molecule has 3 N–H and O–H groups in total. The third kappa shape index (κ3) is 3.37. The van der Waals surface area contributed by atoms with Gasteiger partial charge in [0, 0.05) is 11.7 Å². The van der Waals surface area contributed by atoms with Crippen molar-refractivity contribution in [1.82, 2.24) is 4.90 Å². The fourth-order valence-corrected chi connectivity index (χ4v) is 2.94. The number of carbonyl (C=O) groups excluding carboxylic acids is 1. The van der Waals surface area contributed by atoms with E-state index in [9.17, 15) is 4.79 Å². The number of rotatable bonds is 5. The summed E-state index contributed by atoms with van der Waals surface area (Å²) in [5.74, 6) is -0.104. The highest BCUT2D eigenvalue weighted by Crippen LogP contribution is 2.33. The van der Waals surface area contributed by atoms with Gasteiger partial charge < -0.3 is 11.1 Å². The minimum Gasteiger partial charge on any atom is -0.399 e. The van der Waals surface area contributed by atoms with Crippen molar-refractivity contribution in [2.24, 2.45) is 0 Å². The zero-order valence-corrected chi connectivity index (χ0v) is 13.1. The molecule has 0 radical (unpaired) electrons. The monoisotopic (exact) mass is 315 g/mol. The SMILES string of the molecule is CCN(C1CC1)C(C)C(=O)Nc1c(Cl)cc(N)cc1Cl. The number of hydrogen-bond acceptors (Lipinski definition) is 3. The second-order valence-corrected chi connectivity index (χ2v) is 5.90. The van der Waals surface area contributed by atoms with Crippen LogP contribution in [0.15, 0.2) is 12.1 Å². The molecule has 1 amide bonds. The fourth-order valence-electron chi connectivity index (χ4n) is 2.34. The zero-order valence-electron chi connectivity index (χ0n) is 11.6. The second kappa shape index (κ2) is 6.20. The first-order valence-electron chi connectivity index (χ1n) is 6.75. The van der Waals surface area contributed by atoms with Crippen LogP contribution in [0.3, 0.4) is 0 Å². The van der Waals surface area contributed by atoms with E-state index in [-0.39, 0.29) is 11.9 Å². The van der Waals surface area contributed by atoms with Crippen LogP contribution in [0, 0.1) is 0 Å². The number of nitrogens with one attached hydrogen (secondary N) is 1. The van der Waals surface area contributed by atoms with E-state index in [0.717, 1.165) is 19.4 Å². The van der Waals surface area contributed by atoms with Crippen molar-refractivity contribution in [1.29, 1.82) is 0 Å². The minimum absolute atomic E-state index is 0.104. The molecule has 0 aromatic heterocycles. The molecule has 20 heavy (non-hydrogen) atoms. The maximum atomic E-state index is 12.3. The van der Waals surface area contributed by atoms with Gasteiger partial charge in [0.25, 0.3) is 0 Å². The summed E-state index contributed by atoms with van der Waals surface area (Å²) in [7, 11) is 0. The molecular weight excluding hydrogens is 297 g/mol. The molecule has 1 atom stereocenters. The number of halogens is 2. The molecule has 4 nitrogen and oxygen atoms in total. The van der Waals surface area contributed by atoms with E-state index in [1.807, 2.05) is 6.92 Å². The van der Waals surface area contributed by atoms with Gasteiger partial charge in [-0.2, -0.15) is 0 Å². The van der Waals surface area contributed by atoms with Gasteiger partial charge in [0.15, 0.2) is 0 Å². The molecular formula is C14H19Cl2N3O. The van der Waals surface area contributed by atoms with Crippen molar-refractivity contribution >= 4 is 40.5 Å². The van der Waals surface area contributed by atoms with Crippen molar-refractivity contribution < 1.29 is 4.79 Å². The molecule has 1 aliphatic rings. The number of likely N-dealkylation sites (N-methyl/N-ethyl adjacent to an activating group) is 1.